The van der Waals surface area contributed by atoms with Crippen LogP contribution in [0.3, 0.4) is 0 Å². The monoisotopic (exact) mass is 154 g/mol. The Kier molecular flexibility index (Phi) is 1.26. The lowest BCUT2D eigenvalue weighted by atomic mass is 9.71. The predicted molar refractivity (Wildman–Crippen MR) is 45.2 cm³/mol. The SMILES string of the molecule is CC1(C)CC2(C)CC1CC2O. The Balaban J connectivity index is 2.27. The molecular weight excluding hydrogens is 136 g/mol. The summed E-state index contributed by atoms with van der Waals surface area (Å²) >= 11 is 0. The highest BCUT2D eigenvalue weighted by Gasteiger charge is 2.56. The van der Waals surface area contributed by atoms with Crippen LogP contribution in [0.15, 0.2) is 0 Å². The molecule has 1 nitrogen and oxygen atoms in total. The molecule has 0 aliphatic heterocycles. The number of hydrogen-bond donors (Lipinski definition) is 1. The molecular formula is C10H18O. The minimum Gasteiger partial charge on any atom is -0.393 e. The average Bonchev–Trinajstić information content (AvgIpc) is 2.16. The van der Waals surface area contributed by atoms with Gasteiger partial charge in [-0.15, -0.1) is 0 Å². The third kappa shape index (κ3) is 0.868. The molecule has 2 bridgehead atoms. The largest absolute Gasteiger partial charge is 0.393 e. The van der Waals surface area contributed by atoms with E-state index in [9.17, 15) is 5.11 Å². The van der Waals surface area contributed by atoms with Gasteiger partial charge in [0.15, 0.2) is 0 Å². The summed E-state index contributed by atoms with van der Waals surface area (Å²) in [6, 6.07) is 0. The van der Waals surface area contributed by atoms with Crippen LogP contribution >= 0.6 is 0 Å². The Morgan fingerprint density at radius 2 is 1.91 bits per heavy atom. The van der Waals surface area contributed by atoms with E-state index in [2.05, 4.69) is 20.8 Å². The maximum Gasteiger partial charge on any atom is 0.0596 e. The van der Waals surface area contributed by atoms with Gasteiger partial charge in [0.1, 0.15) is 0 Å². The number of rotatable bonds is 0. The quantitative estimate of drug-likeness (QED) is 0.567. The molecule has 2 fully saturated rings. The summed E-state index contributed by atoms with van der Waals surface area (Å²) in [6.45, 7) is 6.93. The topological polar surface area (TPSA) is 20.2 Å². The first-order valence-electron chi connectivity index (χ1n) is 4.62. The first-order valence-corrected chi connectivity index (χ1v) is 4.62. The second-order valence-corrected chi connectivity index (χ2v) is 5.47. The van der Waals surface area contributed by atoms with E-state index in [4.69, 9.17) is 0 Å². The van der Waals surface area contributed by atoms with Crippen molar-refractivity contribution in [3.63, 3.8) is 0 Å². The van der Waals surface area contributed by atoms with Crippen LogP contribution in [-0.4, -0.2) is 11.2 Å². The lowest BCUT2D eigenvalue weighted by Crippen LogP contribution is -2.33. The van der Waals surface area contributed by atoms with Crippen LogP contribution in [0, 0.1) is 16.7 Å². The summed E-state index contributed by atoms with van der Waals surface area (Å²) in [5.74, 6) is 0.780. The van der Waals surface area contributed by atoms with Crippen LogP contribution in [0.5, 0.6) is 0 Å². The third-order valence-electron chi connectivity index (χ3n) is 3.99. The van der Waals surface area contributed by atoms with Crippen LogP contribution in [0.2, 0.25) is 0 Å². The first kappa shape index (κ1) is 7.60. The molecule has 0 aromatic carbocycles. The van der Waals surface area contributed by atoms with Crippen LogP contribution in [0.1, 0.15) is 40.0 Å². The minimum absolute atomic E-state index is 0.0134. The Labute approximate surface area is 68.8 Å². The molecule has 0 amide bonds. The molecule has 2 aliphatic carbocycles. The summed E-state index contributed by atoms with van der Waals surface area (Å²) in [4.78, 5) is 0. The average molecular weight is 154 g/mol. The van der Waals surface area contributed by atoms with Crippen molar-refractivity contribution in [1.29, 1.82) is 0 Å². The van der Waals surface area contributed by atoms with Gasteiger partial charge in [0, 0.05) is 0 Å². The summed E-state index contributed by atoms with van der Waals surface area (Å²) in [5, 5.41) is 9.71. The summed E-state index contributed by atoms with van der Waals surface area (Å²) in [6.07, 6.45) is 3.50. The molecule has 64 valence electrons. The predicted octanol–water partition coefficient (Wildman–Crippen LogP) is 2.19. The molecule has 3 unspecified atom stereocenters. The minimum atomic E-state index is -0.0134. The Hall–Kier alpha value is -0.0400. The highest BCUT2D eigenvalue weighted by Crippen LogP contribution is 2.62. The third-order valence-corrected chi connectivity index (χ3v) is 3.99. The highest BCUT2D eigenvalue weighted by atomic mass is 16.3. The van der Waals surface area contributed by atoms with Crippen molar-refractivity contribution in [3.8, 4) is 0 Å². The van der Waals surface area contributed by atoms with Crippen molar-refractivity contribution in [2.75, 3.05) is 0 Å². The second kappa shape index (κ2) is 1.82. The lowest BCUT2D eigenvalue weighted by molar-refractivity contribution is 0.0173. The normalized spacial score (nSPS) is 53.5. The van der Waals surface area contributed by atoms with Crippen LogP contribution in [0.4, 0.5) is 0 Å². The highest BCUT2D eigenvalue weighted by molar-refractivity contribution is 5.06. The van der Waals surface area contributed by atoms with Crippen molar-refractivity contribution in [3.05, 3.63) is 0 Å². The van der Waals surface area contributed by atoms with Crippen molar-refractivity contribution >= 4 is 0 Å². The summed E-state index contributed by atoms with van der Waals surface area (Å²) < 4.78 is 0. The van der Waals surface area contributed by atoms with Gasteiger partial charge in [-0.1, -0.05) is 20.8 Å². The van der Waals surface area contributed by atoms with Crippen molar-refractivity contribution in [1.82, 2.24) is 0 Å². The Morgan fingerprint density at radius 1 is 1.27 bits per heavy atom. The standard InChI is InChI=1S/C10H18O/c1-9(2)6-10(3)5-7(9)4-8(10)11/h7-8,11H,4-6H2,1-3H3. The van der Waals surface area contributed by atoms with Crippen LogP contribution in [0.25, 0.3) is 0 Å². The van der Waals surface area contributed by atoms with E-state index in [1.54, 1.807) is 0 Å². The van der Waals surface area contributed by atoms with Gasteiger partial charge in [-0.25, -0.2) is 0 Å². The van der Waals surface area contributed by atoms with Gasteiger partial charge in [0.05, 0.1) is 6.10 Å². The van der Waals surface area contributed by atoms with Crippen LogP contribution in [-0.2, 0) is 0 Å². The zero-order valence-electron chi connectivity index (χ0n) is 7.72. The molecule has 11 heavy (non-hydrogen) atoms. The second-order valence-electron chi connectivity index (χ2n) is 5.47. The molecule has 3 atom stereocenters. The zero-order chi connectivity index (χ0) is 8.28. The fourth-order valence-electron chi connectivity index (χ4n) is 3.31. The molecule has 1 heteroatoms. The van der Waals surface area contributed by atoms with Gasteiger partial charge in [0.2, 0.25) is 0 Å². The number of hydrogen-bond acceptors (Lipinski definition) is 1. The molecule has 0 aromatic heterocycles. The molecule has 2 rings (SSSR count). The zero-order valence-corrected chi connectivity index (χ0v) is 7.72. The van der Waals surface area contributed by atoms with E-state index >= 15 is 0 Å². The number of aliphatic hydroxyl groups is 1. The molecule has 0 spiro atoms. The molecule has 1 N–H and O–H groups in total. The van der Waals surface area contributed by atoms with Crippen molar-refractivity contribution in [2.45, 2.75) is 46.1 Å². The first-order chi connectivity index (χ1) is 4.94. The number of fused-ring (bicyclic) bond motifs is 2. The fourth-order valence-corrected chi connectivity index (χ4v) is 3.31. The number of aliphatic hydroxyl groups excluding tert-OH is 1. The summed E-state index contributed by atoms with van der Waals surface area (Å²) in [5.41, 5.74) is 0.752. The van der Waals surface area contributed by atoms with Gasteiger partial charge in [-0.3, -0.25) is 0 Å². The van der Waals surface area contributed by atoms with E-state index < -0.39 is 0 Å². The molecule has 0 saturated heterocycles. The molecule has 2 aliphatic rings. The van der Waals surface area contributed by atoms with E-state index in [-0.39, 0.29) is 11.5 Å². The van der Waals surface area contributed by atoms with Gasteiger partial charge in [0.25, 0.3) is 0 Å². The Morgan fingerprint density at radius 3 is 2.18 bits per heavy atom. The maximum absolute atomic E-state index is 9.71. The Bertz CT molecular complexity index is 185. The van der Waals surface area contributed by atoms with Gasteiger partial charge in [-0.05, 0) is 36.0 Å². The van der Waals surface area contributed by atoms with Gasteiger partial charge in [-0.2, -0.15) is 0 Å². The smallest absolute Gasteiger partial charge is 0.0596 e. The maximum atomic E-state index is 9.71. The van der Waals surface area contributed by atoms with E-state index in [1.165, 1.54) is 12.8 Å². The van der Waals surface area contributed by atoms with E-state index in [0.29, 0.717) is 5.41 Å². The van der Waals surface area contributed by atoms with Crippen molar-refractivity contribution < 1.29 is 5.11 Å². The van der Waals surface area contributed by atoms with E-state index in [1.807, 2.05) is 0 Å². The van der Waals surface area contributed by atoms with Crippen molar-refractivity contribution in [2.24, 2.45) is 16.7 Å². The van der Waals surface area contributed by atoms with E-state index in [0.717, 1.165) is 12.3 Å². The molecule has 0 aromatic rings. The molecule has 2 saturated carbocycles. The molecule has 0 heterocycles. The summed E-state index contributed by atoms with van der Waals surface area (Å²) in [7, 11) is 0. The van der Waals surface area contributed by atoms with Crippen LogP contribution < -0.4 is 0 Å². The molecule has 0 radical (unpaired) electrons. The lowest BCUT2D eigenvalue weighted by Gasteiger charge is -2.36. The van der Waals surface area contributed by atoms with Gasteiger partial charge < -0.3 is 5.11 Å². The fraction of sp³-hybridized carbons (Fsp3) is 1.00. The van der Waals surface area contributed by atoms with Gasteiger partial charge >= 0.3 is 0 Å².